The standard InChI is InChI=1S/C13H25NO2S/c1-3-4-11-5-6-12-13(7-11)17(15,16)9-10(2)8-14-12/h10-14H,3-9H2,1-2H3. The van der Waals surface area contributed by atoms with E-state index in [1.54, 1.807) is 0 Å². The van der Waals surface area contributed by atoms with Crippen LogP contribution in [0.1, 0.15) is 46.0 Å². The van der Waals surface area contributed by atoms with Crippen molar-refractivity contribution in [3.63, 3.8) is 0 Å². The zero-order valence-corrected chi connectivity index (χ0v) is 11.8. The van der Waals surface area contributed by atoms with Crippen LogP contribution in [0.25, 0.3) is 0 Å². The van der Waals surface area contributed by atoms with Gasteiger partial charge in [-0.3, -0.25) is 0 Å². The predicted molar refractivity (Wildman–Crippen MR) is 70.8 cm³/mol. The Morgan fingerprint density at radius 1 is 1.29 bits per heavy atom. The third-order valence-electron chi connectivity index (χ3n) is 4.30. The van der Waals surface area contributed by atoms with Crippen LogP contribution < -0.4 is 5.32 Å². The molecule has 2 rings (SSSR count). The minimum atomic E-state index is -2.88. The van der Waals surface area contributed by atoms with E-state index in [4.69, 9.17) is 0 Å². The highest BCUT2D eigenvalue weighted by Gasteiger charge is 2.40. The molecule has 1 heterocycles. The van der Waals surface area contributed by atoms with Crippen LogP contribution in [-0.4, -0.2) is 32.0 Å². The molecule has 0 amide bonds. The Balaban J connectivity index is 2.13. The lowest BCUT2D eigenvalue weighted by atomic mass is 9.83. The highest BCUT2D eigenvalue weighted by Crippen LogP contribution is 2.34. The first-order valence-corrected chi connectivity index (χ1v) is 8.69. The summed E-state index contributed by atoms with van der Waals surface area (Å²) < 4.78 is 24.7. The number of hydrogen-bond acceptors (Lipinski definition) is 3. The van der Waals surface area contributed by atoms with Gasteiger partial charge < -0.3 is 5.32 Å². The monoisotopic (exact) mass is 259 g/mol. The van der Waals surface area contributed by atoms with Crippen molar-refractivity contribution in [3.05, 3.63) is 0 Å². The molecule has 1 N–H and O–H groups in total. The normalized spacial score (nSPS) is 41.5. The maximum absolute atomic E-state index is 12.4. The van der Waals surface area contributed by atoms with Gasteiger partial charge in [-0.1, -0.05) is 26.7 Å². The molecule has 0 spiro atoms. The van der Waals surface area contributed by atoms with E-state index in [1.807, 2.05) is 6.92 Å². The number of nitrogens with one attached hydrogen (secondary N) is 1. The van der Waals surface area contributed by atoms with Gasteiger partial charge in [0.25, 0.3) is 0 Å². The average molecular weight is 259 g/mol. The molecule has 2 aliphatic rings. The first-order valence-electron chi connectivity index (χ1n) is 6.98. The fourth-order valence-electron chi connectivity index (χ4n) is 3.44. The highest BCUT2D eigenvalue weighted by atomic mass is 32.2. The van der Waals surface area contributed by atoms with Crippen molar-refractivity contribution >= 4 is 9.84 Å². The van der Waals surface area contributed by atoms with Crippen LogP contribution in [0.2, 0.25) is 0 Å². The summed E-state index contributed by atoms with van der Waals surface area (Å²) in [6, 6.07) is 0.220. The number of rotatable bonds is 2. The summed E-state index contributed by atoms with van der Waals surface area (Å²) in [7, 11) is -2.88. The van der Waals surface area contributed by atoms with Gasteiger partial charge >= 0.3 is 0 Å². The molecule has 100 valence electrons. The second-order valence-electron chi connectivity index (χ2n) is 5.96. The molecule has 0 bridgehead atoms. The van der Waals surface area contributed by atoms with E-state index in [1.165, 1.54) is 19.3 Å². The van der Waals surface area contributed by atoms with Gasteiger partial charge in [-0.05, 0) is 37.6 Å². The minimum Gasteiger partial charge on any atom is -0.312 e. The van der Waals surface area contributed by atoms with Gasteiger partial charge in [-0.2, -0.15) is 0 Å². The topological polar surface area (TPSA) is 46.2 Å². The average Bonchev–Trinajstić information content (AvgIpc) is 2.37. The van der Waals surface area contributed by atoms with Crippen LogP contribution in [0.3, 0.4) is 0 Å². The Kier molecular flexibility index (Phi) is 4.14. The fraction of sp³-hybridized carbons (Fsp3) is 1.00. The van der Waals surface area contributed by atoms with Gasteiger partial charge in [0, 0.05) is 6.04 Å². The molecule has 2 fully saturated rings. The third kappa shape index (κ3) is 3.02. The maximum Gasteiger partial charge on any atom is 0.155 e. The Hall–Kier alpha value is -0.0900. The Labute approximate surface area is 105 Å². The summed E-state index contributed by atoms with van der Waals surface area (Å²) in [6.07, 6.45) is 5.49. The highest BCUT2D eigenvalue weighted by molar-refractivity contribution is 7.92. The quantitative estimate of drug-likeness (QED) is 0.825. The number of hydrogen-bond donors (Lipinski definition) is 1. The molecule has 17 heavy (non-hydrogen) atoms. The van der Waals surface area contributed by atoms with E-state index in [-0.39, 0.29) is 17.2 Å². The summed E-state index contributed by atoms with van der Waals surface area (Å²) in [5.41, 5.74) is 0. The molecular weight excluding hydrogens is 234 g/mol. The first-order chi connectivity index (χ1) is 8.03. The summed E-state index contributed by atoms with van der Waals surface area (Å²) in [6.45, 7) is 5.08. The Bertz CT molecular complexity index is 352. The van der Waals surface area contributed by atoms with Gasteiger partial charge in [0.2, 0.25) is 0 Å². The lowest BCUT2D eigenvalue weighted by molar-refractivity contribution is 0.281. The molecule has 0 radical (unpaired) electrons. The smallest absolute Gasteiger partial charge is 0.155 e. The lowest BCUT2D eigenvalue weighted by Crippen LogP contribution is -2.46. The van der Waals surface area contributed by atoms with Crippen LogP contribution in [0.15, 0.2) is 0 Å². The van der Waals surface area contributed by atoms with Crippen LogP contribution in [-0.2, 0) is 9.84 Å². The molecule has 1 aliphatic carbocycles. The number of sulfone groups is 1. The van der Waals surface area contributed by atoms with Crippen molar-refractivity contribution < 1.29 is 8.42 Å². The fourth-order valence-corrected chi connectivity index (χ4v) is 5.90. The van der Waals surface area contributed by atoms with Crippen molar-refractivity contribution in [3.8, 4) is 0 Å². The second-order valence-corrected chi connectivity index (χ2v) is 8.22. The van der Waals surface area contributed by atoms with Gasteiger partial charge in [-0.25, -0.2) is 8.42 Å². The summed E-state index contributed by atoms with van der Waals surface area (Å²) in [5.74, 6) is 1.27. The molecule has 4 atom stereocenters. The van der Waals surface area contributed by atoms with Crippen molar-refractivity contribution in [2.75, 3.05) is 12.3 Å². The molecule has 0 aromatic carbocycles. The molecule has 0 aromatic heterocycles. The third-order valence-corrected chi connectivity index (χ3v) is 6.78. The second kappa shape index (κ2) is 5.27. The first kappa shape index (κ1) is 13.3. The molecular formula is C13H25NO2S. The van der Waals surface area contributed by atoms with Crippen LogP contribution in [0.4, 0.5) is 0 Å². The molecule has 3 nitrogen and oxygen atoms in total. The minimum absolute atomic E-state index is 0.113. The lowest BCUT2D eigenvalue weighted by Gasteiger charge is -2.34. The zero-order valence-electron chi connectivity index (χ0n) is 11.0. The van der Waals surface area contributed by atoms with Gasteiger partial charge in [0.05, 0.1) is 11.0 Å². The van der Waals surface area contributed by atoms with E-state index in [2.05, 4.69) is 12.2 Å². The van der Waals surface area contributed by atoms with E-state index in [0.29, 0.717) is 11.7 Å². The molecule has 0 aromatic rings. The Morgan fingerprint density at radius 3 is 2.76 bits per heavy atom. The van der Waals surface area contributed by atoms with Crippen LogP contribution in [0.5, 0.6) is 0 Å². The van der Waals surface area contributed by atoms with Gasteiger partial charge in [0.15, 0.2) is 9.84 Å². The van der Waals surface area contributed by atoms with E-state index in [0.717, 1.165) is 19.4 Å². The SMILES string of the molecule is CCCC1CCC2NCC(C)CS(=O)(=O)C2C1. The molecule has 4 unspecified atom stereocenters. The van der Waals surface area contributed by atoms with E-state index in [9.17, 15) is 8.42 Å². The summed E-state index contributed by atoms with van der Waals surface area (Å²) >= 11 is 0. The molecule has 4 heteroatoms. The van der Waals surface area contributed by atoms with E-state index < -0.39 is 9.84 Å². The zero-order chi connectivity index (χ0) is 12.5. The maximum atomic E-state index is 12.4. The predicted octanol–water partition coefficient (Wildman–Crippen LogP) is 1.98. The van der Waals surface area contributed by atoms with Gasteiger partial charge in [0.1, 0.15) is 0 Å². The summed E-state index contributed by atoms with van der Waals surface area (Å²) in [5, 5.41) is 3.36. The van der Waals surface area contributed by atoms with E-state index >= 15 is 0 Å². The van der Waals surface area contributed by atoms with Crippen LogP contribution in [0, 0.1) is 11.8 Å². The molecule has 1 saturated carbocycles. The molecule has 1 aliphatic heterocycles. The van der Waals surface area contributed by atoms with Crippen molar-refractivity contribution in [1.29, 1.82) is 0 Å². The van der Waals surface area contributed by atoms with Gasteiger partial charge in [-0.15, -0.1) is 0 Å². The van der Waals surface area contributed by atoms with Crippen molar-refractivity contribution in [2.24, 2.45) is 11.8 Å². The molecule has 1 saturated heterocycles. The van der Waals surface area contributed by atoms with Crippen molar-refractivity contribution in [2.45, 2.75) is 57.2 Å². The van der Waals surface area contributed by atoms with Crippen molar-refractivity contribution in [1.82, 2.24) is 5.32 Å². The number of fused-ring (bicyclic) bond motifs is 1. The Morgan fingerprint density at radius 2 is 2.06 bits per heavy atom. The van der Waals surface area contributed by atoms with Crippen LogP contribution >= 0.6 is 0 Å². The largest absolute Gasteiger partial charge is 0.312 e. The summed E-state index contributed by atoms with van der Waals surface area (Å²) in [4.78, 5) is 0.